The van der Waals surface area contributed by atoms with E-state index in [2.05, 4.69) is 60.4 Å². The lowest BCUT2D eigenvalue weighted by molar-refractivity contribution is -0.123. The van der Waals surface area contributed by atoms with Gasteiger partial charge in [0, 0.05) is 35.6 Å². The van der Waals surface area contributed by atoms with Crippen LogP contribution < -0.4 is 15.5 Å². The molecule has 8 nitrogen and oxygen atoms in total. The predicted molar refractivity (Wildman–Crippen MR) is 161 cm³/mol. The Morgan fingerprint density at radius 3 is 2.61 bits per heavy atom. The molecule has 0 spiro atoms. The first-order valence-electron chi connectivity index (χ1n) is 14.5. The Labute approximate surface area is 240 Å². The van der Waals surface area contributed by atoms with E-state index >= 15 is 0 Å². The minimum atomic E-state index is -0.594. The third-order valence-corrected chi connectivity index (χ3v) is 8.41. The van der Waals surface area contributed by atoms with Gasteiger partial charge in [0.1, 0.15) is 5.52 Å². The summed E-state index contributed by atoms with van der Waals surface area (Å²) < 4.78 is 16.6. The molecule has 6 rings (SSSR count). The first-order chi connectivity index (χ1) is 19.5. The Hall–Kier alpha value is -3.85. The van der Waals surface area contributed by atoms with Crippen molar-refractivity contribution in [3.8, 4) is 11.3 Å². The maximum Gasteiger partial charge on any atom is 0.237 e. The number of nitrogens with zero attached hydrogens (tertiary/aromatic N) is 5. The average Bonchev–Trinajstić information content (AvgIpc) is 3.42. The van der Waals surface area contributed by atoms with Gasteiger partial charge < -0.3 is 20.1 Å². The van der Waals surface area contributed by atoms with Crippen LogP contribution in [-0.2, 0) is 10.2 Å². The van der Waals surface area contributed by atoms with Crippen molar-refractivity contribution in [3.63, 3.8) is 0 Å². The number of carbonyl (C=O) groups is 1. The van der Waals surface area contributed by atoms with Crippen LogP contribution in [0.3, 0.4) is 0 Å². The van der Waals surface area contributed by atoms with E-state index < -0.39 is 11.2 Å². The van der Waals surface area contributed by atoms with Crippen LogP contribution in [0.1, 0.15) is 66.0 Å². The van der Waals surface area contributed by atoms with E-state index in [0.29, 0.717) is 29.2 Å². The van der Waals surface area contributed by atoms with Crippen LogP contribution in [0.4, 0.5) is 21.6 Å². The van der Waals surface area contributed by atoms with Crippen LogP contribution in [0.15, 0.2) is 49.1 Å². The van der Waals surface area contributed by atoms with Gasteiger partial charge in [-0.25, -0.2) is 14.4 Å². The first kappa shape index (κ1) is 27.3. The number of benzene rings is 1. The topological polar surface area (TPSA) is 88.0 Å². The van der Waals surface area contributed by atoms with E-state index in [-0.39, 0.29) is 18.0 Å². The number of fused-ring (bicyclic) bond motifs is 2. The van der Waals surface area contributed by atoms with Crippen LogP contribution >= 0.6 is 0 Å². The number of nitrogens with one attached hydrogen (secondary N) is 2. The van der Waals surface area contributed by atoms with Gasteiger partial charge >= 0.3 is 0 Å². The lowest BCUT2D eigenvalue weighted by Gasteiger charge is -2.42. The summed E-state index contributed by atoms with van der Waals surface area (Å²) in [6.45, 7) is 13.6. The maximum absolute atomic E-state index is 14.6. The molecule has 0 atom stereocenters. The molecular formula is C32H38FN7O. The molecule has 2 aliphatic rings. The molecule has 3 aromatic heterocycles. The molecule has 214 valence electrons. The molecule has 1 saturated carbocycles. The number of halogens is 1. The Kier molecular flexibility index (Phi) is 6.80. The van der Waals surface area contributed by atoms with Gasteiger partial charge in [-0.05, 0) is 76.8 Å². The molecule has 9 heteroatoms. The number of rotatable bonds is 8. The number of hydrogen-bond acceptors (Lipinski definition) is 6. The van der Waals surface area contributed by atoms with E-state index in [4.69, 9.17) is 4.98 Å². The normalized spacial score (nSPS) is 19.7. The molecular weight excluding hydrogens is 517 g/mol. The minimum absolute atomic E-state index is 0.138. The average molecular weight is 556 g/mol. The molecule has 2 N–H and O–H groups in total. The summed E-state index contributed by atoms with van der Waals surface area (Å²) in [6.07, 6.45) is 6.41. The maximum atomic E-state index is 14.6. The highest BCUT2D eigenvalue weighted by molar-refractivity contribution is 6.08. The van der Waals surface area contributed by atoms with Crippen LogP contribution in [0, 0.1) is 11.7 Å². The third-order valence-electron chi connectivity index (χ3n) is 8.41. The molecule has 0 unspecified atom stereocenters. The molecule has 0 bridgehead atoms. The summed E-state index contributed by atoms with van der Waals surface area (Å²) in [6, 6.07) is 10.5. The zero-order chi connectivity index (χ0) is 29.1. The third kappa shape index (κ3) is 4.76. The Morgan fingerprint density at radius 2 is 1.90 bits per heavy atom. The molecule has 0 saturated heterocycles. The highest BCUT2D eigenvalue weighted by Gasteiger charge is 2.49. The lowest BCUT2D eigenvalue weighted by Crippen LogP contribution is -2.55. The van der Waals surface area contributed by atoms with Gasteiger partial charge in [-0.1, -0.05) is 26.0 Å². The van der Waals surface area contributed by atoms with Gasteiger partial charge in [-0.3, -0.25) is 9.78 Å². The summed E-state index contributed by atoms with van der Waals surface area (Å²) in [5.41, 5.74) is 4.83. The number of aromatic nitrogens is 4. The fraction of sp³-hybridized carbons (Fsp3) is 0.438. The Balaban J connectivity index is 1.39. The lowest BCUT2D eigenvalue weighted by atomic mass is 9.84. The van der Waals surface area contributed by atoms with Gasteiger partial charge in [0.25, 0.3) is 0 Å². The molecule has 1 aromatic carbocycles. The quantitative estimate of drug-likeness (QED) is 0.263. The van der Waals surface area contributed by atoms with Gasteiger partial charge in [-0.2, -0.15) is 0 Å². The molecule has 0 radical (unpaired) electrons. The summed E-state index contributed by atoms with van der Waals surface area (Å²) >= 11 is 0. The largest absolute Gasteiger partial charge is 0.336 e. The van der Waals surface area contributed by atoms with Gasteiger partial charge in [0.05, 0.1) is 34.8 Å². The summed E-state index contributed by atoms with van der Waals surface area (Å²) in [7, 11) is 0. The van der Waals surface area contributed by atoms with Crippen LogP contribution in [0.2, 0.25) is 0 Å². The minimum Gasteiger partial charge on any atom is -0.336 e. The van der Waals surface area contributed by atoms with Crippen molar-refractivity contribution >= 4 is 34.1 Å². The second kappa shape index (κ2) is 10.2. The van der Waals surface area contributed by atoms with E-state index in [0.717, 1.165) is 47.2 Å². The summed E-state index contributed by atoms with van der Waals surface area (Å²) in [5, 5.41) is 6.82. The number of amides is 1. The van der Waals surface area contributed by atoms with Crippen molar-refractivity contribution in [2.24, 2.45) is 5.92 Å². The summed E-state index contributed by atoms with van der Waals surface area (Å²) in [4.78, 5) is 29.2. The zero-order valence-electron chi connectivity index (χ0n) is 24.6. The van der Waals surface area contributed by atoms with E-state index in [1.165, 1.54) is 6.20 Å². The first-order valence-corrected chi connectivity index (χ1v) is 14.5. The van der Waals surface area contributed by atoms with Crippen molar-refractivity contribution in [2.75, 3.05) is 16.8 Å². The molecule has 1 aliphatic carbocycles. The fourth-order valence-electron chi connectivity index (χ4n) is 5.97. The predicted octanol–water partition coefficient (Wildman–Crippen LogP) is 6.36. The van der Waals surface area contributed by atoms with Gasteiger partial charge in [0.2, 0.25) is 5.91 Å². The molecule has 41 heavy (non-hydrogen) atoms. The van der Waals surface area contributed by atoms with Crippen molar-refractivity contribution in [1.82, 2.24) is 24.8 Å². The van der Waals surface area contributed by atoms with Gasteiger partial charge in [0.15, 0.2) is 11.6 Å². The smallest absolute Gasteiger partial charge is 0.237 e. The number of carbonyl (C=O) groups excluding carboxylic acids is 1. The van der Waals surface area contributed by atoms with Crippen LogP contribution in [0.5, 0.6) is 0 Å². The Morgan fingerprint density at radius 1 is 1.12 bits per heavy atom. The number of anilines is 3. The number of hydrogen-bond donors (Lipinski definition) is 2. The van der Waals surface area contributed by atoms with E-state index in [9.17, 15) is 9.18 Å². The van der Waals surface area contributed by atoms with Crippen molar-refractivity contribution in [1.29, 1.82) is 0 Å². The second-order valence-electron chi connectivity index (χ2n) is 12.6. The van der Waals surface area contributed by atoms with Crippen molar-refractivity contribution < 1.29 is 9.18 Å². The molecule has 1 aliphatic heterocycles. The van der Waals surface area contributed by atoms with Crippen molar-refractivity contribution in [3.05, 3.63) is 60.4 Å². The van der Waals surface area contributed by atoms with Crippen LogP contribution in [-0.4, -0.2) is 44.1 Å². The summed E-state index contributed by atoms with van der Waals surface area (Å²) in [5.74, 6) is 0.794. The highest BCUT2D eigenvalue weighted by Crippen LogP contribution is 2.47. The zero-order valence-corrected chi connectivity index (χ0v) is 24.6. The SMILES string of the molecule is CC(C)CN[C@H]1C[C@@H](N2C(=O)C(C)(C)c3ccc(-c4cc5ncn(C(C)C)c5c(Nc5ccncc5F)n4)cc32)C1. The molecule has 4 heterocycles. The second-order valence-corrected chi connectivity index (χ2v) is 12.6. The van der Waals surface area contributed by atoms with E-state index in [1.54, 1.807) is 18.6 Å². The number of imidazole rings is 1. The van der Waals surface area contributed by atoms with E-state index in [1.807, 2.05) is 35.4 Å². The Bertz CT molecular complexity index is 1620. The molecule has 1 fully saturated rings. The van der Waals surface area contributed by atoms with Crippen LogP contribution in [0.25, 0.3) is 22.3 Å². The standard InChI is InChI=1S/C32H38FN7O/c1-18(2)15-35-21-12-22(13-21)40-28-11-20(7-8-23(28)32(5,6)31(40)41)26-14-27-29(39(17-36-27)19(3)4)30(38-26)37-25-9-10-34-16-24(25)33/h7-11,14,16-19,21-22,35H,12-13,15H2,1-6H3,(H,34,37,38)/t21-,22+. The van der Waals surface area contributed by atoms with Crippen molar-refractivity contribution in [2.45, 2.75) is 77.9 Å². The molecule has 1 amide bonds. The monoisotopic (exact) mass is 555 g/mol. The van der Waals surface area contributed by atoms with Gasteiger partial charge in [-0.15, -0.1) is 0 Å². The molecule has 4 aromatic rings. The fourth-order valence-corrected chi connectivity index (χ4v) is 5.97. The highest BCUT2D eigenvalue weighted by atomic mass is 19.1. The number of pyridine rings is 2.